The third-order valence-electron chi connectivity index (χ3n) is 16.6. The van der Waals surface area contributed by atoms with Crippen molar-refractivity contribution in [2.24, 2.45) is 23.2 Å². The van der Waals surface area contributed by atoms with Crippen LogP contribution in [0.1, 0.15) is 74.1 Å². The van der Waals surface area contributed by atoms with Crippen LogP contribution in [0.25, 0.3) is 0 Å². The highest BCUT2D eigenvalue weighted by Gasteiger charge is 2.79. The van der Waals surface area contributed by atoms with Crippen LogP contribution in [0, 0.1) is 23.2 Å². The predicted molar refractivity (Wildman–Crippen MR) is 204 cm³/mol. The maximum atomic E-state index is 12.9. The summed E-state index contributed by atoms with van der Waals surface area (Å²) in [4.78, 5) is 18.3. The van der Waals surface area contributed by atoms with Crippen LogP contribution in [0.15, 0.2) is 59.9 Å². The Kier molecular flexibility index (Phi) is 6.66. The van der Waals surface area contributed by atoms with Gasteiger partial charge in [-0.1, -0.05) is 30.4 Å². The number of ketones is 1. The Hall–Kier alpha value is -3.79. The minimum atomic E-state index is -0.767. The Morgan fingerprint density at radius 2 is 1.55 bits per heavy atom. The predicted octanol–water partition coefficient (Wildman–Crippen LogP) is 5.88. The van der Waals surface area contributed by atoms with Gasteiger partial charge in [0.15, 0.2) is 29.1 Å². The van der Waals surface area contributed by atoms with Crippen LogP contribution < -0.4 is 9.47 Å². The van der Waals surface area contributed by atoms with Gasteiger partial charge in [-0.25, -0.2) is 0 Å². The summed E-state index contributed by atoms with van der Waals surface area (Å²) in [5.41, 5.74) is 5.29. The molecule has 9 atom stereocenters. The van der Waals surface area contributed by atoms with Gasteiger partial charge < -0.3 is 29.2 Å². The molecule has 8 aliphatic carbocycles. The number of benzene rings is 2. The van der Waals surface area contributed by atoms with Gasteiger partial charge in [0.05, 0.1) is 23.9 Å². The van der Waals surface area contributed by atoms with Crippen LogP contribution >= 0.6 is 0 Å². The van der Waals surface area contributed by atoms with Crippen LogP contribution in [-0.2, 0) is 37.9 Å². The summed E-state index contributed by atoms with van der Waals surface area (Å²) in [7, 11) is 3.43. The molecule has 4 heterocycles. The molecule has 0 radical (unpaired) electrons. The smallest absolute Gasteiger partial charge is 0.169 e. The minimum Gasteiger partial charge on any atom is -0.504 e. The fourth-order valence-corrected chi connectivity index (χ4v) is 13.9. The Bertz CT molecular complexity index is 2150. The third-order valence-corrected chi connectivity index (χ3v) is 16.6. The summed E-state index contributed by atoms with van der Waals surface area (Å²) in [6, 6.07) is 8.63. The molecule has 55 heavy (non-hydrogen) atoms. The first-order valence-corrected chi connectivity index (χ1v) is 20.9. The second-order valence-electron chi connectivity index (χ2n) is 18.8. The number of ether oxygens (including phenoxy) is 4. The molecule has 288 valence electrons. The highest BCUT2D eigenvalue weighted by molar-refractivity contribution is 5.82. The van der Waals surface area contributed by atoms with Gasteiger partial charge in [-0.2, -0.15) is 0 Å². The molecule has 2 aromatic carbocycles. The molecule has 0 aromatic heterocycles. The summed E-state index contributed by atoms with van der Waals surface area (Å²) in [6.45, 7) is 6.25. The van der Waals surface area contributed by atoms with Crippen molar-refractivity contribution >= 4 is 5.78 Å². The highest BCUT2D eigenvalue weighted by Crippen LogP contribution is 2.75. The first-order valence-electron chi connectivity index (χ1n) is 20.9. The molecule has 6 bridgehead atoms. The lowest BCUT2D eigenvalue weighted by atomic mass is 9.37. The number of piperidine rings is 2. The fraction of sp³-hybridized carbons (Fsp3) is 0.587. The quantitative estimate of drug-likeness (QED) is 0.337. The average Bonchev–Trinajstić information content (AvgIpc) is 4.12. The standard InChI is InChI=1S/C25H29NO4.C21H23NO3/c1-14(27)17-12-23-7-8-25(17,29-2)22-24(23)9-10-26(13-15-3-4-15)19(23)11-16-5-6-18(28)21(30-22)20(16)24;1-24-17-7-5-14-15-10-13-4-6-16(23)19-18(13)21(14,20(17)25-19)8-9-22(15)11-12-2-3-12/h5-8,15,17,19,22,28H,3-4,9-13H2,1-2H3;4-7,12,15,20,23H,2-3,8-11H2,1H3/t17-,19-,22-,23-,24+,25-;15-,20+,21+/m11/s1. The van der Waals surface area contributed by atoms with Crippen molar-refractivity contribution in [1.29, 1.82) is 0 Å². The van der Waals surface area contributed by atoms with Crippen LogP contribution in [-0.4, -0.2) is 96.1 Å². The van der Waals surface area contributed by atoms with E-state index >= 15 is 0 Å². The zero-order valence-corrected chi connectivity index (χ0v) is 32.2. The number of phenols is 2. The van der Waals surface area contributed by atoms with E-state index in [4.69, 9.17) is 18.9 Å². The second-order valence-corrected chi connectivity index (χ2v) is 18.8. The van der Waals surface area contributed by atoms with E-state index in [0.29, 0.717) is 23.6 Å². The van der Waals surface area contributed by atoms with Gasteiger partial charge in [0, 0.05) is 55.4 Å². The SMILES string of the molecule is COC1=CC=C2[C@H]3Cc4ccc(O)c5c4[C@@]2(CCN3CC2CC2)[C@H]1O5.CO[C@]12C=C[C@@]3(C[C@@H]1C(C)=O)[C@H]1Cc4ccc(O)c5c4[C@@]3(CCN1CC1CC1)[C@H]2O5. The van der Waals surface area contributed by atoms with E-state index in [1.54, 1.807) is 33.3 Å². The van der Waals surface area contributed by atoms with Gasteiger partial charge in [-0.15, -0.1) is 0 Å². The molecule has 0 unspecified atom stereocenters. The number of allylic oxidation sites excluding steroid dienone is 2. The zero-order chi connectivity index (χ0) is 37.2. The number of phenolic OH excluding ortho intramolecular Hbond substituents is 2. The number of likely N-dealkylation sites (tertiary alicyclic amines) is 2. The van der Waals surface area contributed by atoms with Gasteiger partial charge in [-0.3, -0.25) is 14.6 Å². The molecule has 0 amide bonds. The van der Waals surface area contributed by atoms with E-state index in [1.165, 1.54) is 66.6 Å². The Morgan fingerprint density at radius 1 is 0.855 bits per heavy atom. The Morgan fingerprint density at radius 3 is 2.24 bits per heavy atom. The summed E-state index contributed by atoms with van der Waals surface area (Å²) < 4.78 is 24.8. The van der Waals surface area contributed by atoms with Crippen molar-refractivity contribution in [3.63, 3.8) is 0 Å². The Labute approximate surface area is 322 Å². The molecular weight excluding hydrogens is 693 g/mol. The van der Waals surface area contributed by atoms with Crippen molar-refractivity contribution in [3.05, 3.63) is 82.2 Å². The molecule has 4 aliphatic heterocycles. The number of rotatable bonds is 7. The van der Waals surface area contributed by atoms with Gasteiger partial charge in [0.2, 0.25) is 0 Å². The summed E-state index contributed by atoms with van der Waals surface area (Å²) in [6.07, 6.45) is 18.8. The number of methoxy groups -OCH3 is 2. The molecule has 2 N–H and O–H groups in total. The third kappa shape index (κ3) is 3.98. The zero-order valence-electron chi connectivity index (χ0n) is 32.2. The average molecular weight is 745 g/mol. The fourth-order valence-electron chi connectivity index (χ4n) is 13.9. The summed E-state index contributed by atoms with van der Waals surface area (Å²) >= 11 is 0. The molecule has 5 fully saturated rings. The van der Waals surface area contributed by atoms with Crippen molar-refractivity contribution in [3.8, 4) is 23.0 Å². The molecule has 9 heteroatoms. The van der Waals surface area contributed by atoms with Gasteiger partial charge in [-0.05, 0) is 118 Å². The van der Waals surface area contributed by atoms with E-state index in [1.807, 2.05) is 0 Å². The lowest BCUT2D eigenvalue weighted by Crippen LogP contribution is -2.79. The van der Waals surface area contributed by atoms with E-state index in [9.17, 15) is 15.0 Å². The lowest BCUT2D eigenvalue weighted by molar-refractivity contribution is -0.214. The molecule has 9 nitrogen and oxygen atoms in total. The number of aromatic hydroxyl groups is 2. The topological polar surface area (TPSA) is 101 Å². The molecule has 12 aliphatic rings. The van der Waals surface area contributed by atoms with Crippen molar-refractivity contribution in [2.75, 3.05) is 40.4 Å². The first kappa shape index (κ1) is 33.4. The van der Waals surface area contributed by atoms with E-state index in [0.717, 1.165) is 62.8 Å². The van der Waals surface area contributed by atoms with E-state index < -0.39 is 5.60 Å². The second kappa shape index (κ2) is 11.0. The monoisotopic (exact) mass is 744 g/mol. The largest absolute Gasteiger partial charge is 0.504 e. The number of fused-ring (bicyclic) bond motifs is 1. The number of Topliss-reactive ketones (excluding diaryl/α,β-unsaturated/α-hetero) is 1. The first-order chi connectivity index (χ1) is 26.7. The maximum Gasteiger partial charge on any atom is 0.169 e. The van der Waals surface area contributed by atoms with Crippen LogP contribution in [0.3, 0.4) is 0 Å². The lowest BCUT2D eigenvalue weighted by Gasteiger charge is -2.71. The number of hydrogen-bond donors (Lipinski definition) is 2. The summed E-state index contributed by atoms with van der Waals surface area (Å²) in [5, 5.41) is 21.2. The van der Waals surface area contributed by atoms with Gasteiger partial charge >= 0.3 is 0 Å². The number of carbonyl (C=O) groups excluding carboxylic acids is 1. The van der Waals surface area contributed by atoms with Crippen LogP contribution in [0.2, 0.25) is 0 Å². The van der Waals surface area contributed by atoms with Crippen molar-refractivity contribution in [2.45, 2.75) is 105 Å². The van der Waals surface area contributed by atoms with E-state index in [-0.39, 0.29) is 51.7 Å². The van der Waals surface area contributed by atoms with E-state index in [2.05, 4.69) is 46.2 Å². The van der Waals surface area contributed by atoms with Gasteiger partial charge in [0.25, 0.3) is 0 Å². The molecule has 3 saturated carbocycles. The van der Waals surface area contributed by atoms with Crippen LogP contribution in [0.4, 0.5) is 0 Å². The number of hydrogen-bond acceptors (Lipinski definition) is 9. The normalized spacial score (nSPS) is 40.2. The van der Waals surface area contributed by atoms with Crippen molar-refractivity contribution in [1.82, 2.24) is 9.80 Å². The van der Waals surface area contributed by atoms with Crippen LogP contribution in [0.5, 0.6) is 23.0 Å². The number of nitrogens with zero attached hydrogens (tertiary/aromatic N) is 2. The van der Waals surface area contributed by atoms with Crippen molar-refractivity contribution < 1.29 is 34.0 Å². The molecule has 14 rings (SSSR count). The molecule has 2 saturated heterocycles. The highest BCUT2D eigenvalue weighted by atomic mass is 16.6. The molecular formula is C46H52N2O7. The minimum absolute atomic E-state index is 0.134. The van der Waals surface area contributed by atoms with Gasteiger partial charge in [0.1, 0.15) is 23.2 Å². The summed E-state index contributed by atoms with van der Waals surface area (Å²) in [5.74, 6) is 4.38. The Balaban J connectivity index is 0.000000124. The maximum absolute atomic E-state index is 12.9. The molecule has 2 aromatic rings. The number of carbonyl (C=O) groups is 1. The molecule has 3 spiro atoms.